The van der Waals surface area contributed by atoms with E-state index >= 15 is 0 Å². The molecule has 0 spiro atoms. The van der Waals surface area contributed by atoms with E-state index in [0.29, 0.717) is 6.54 Å². The molecule has 3 aromatic rings. The largest absolute Gasteiger partial charge is 1.00 e. The third-order valence-corrected chi connectivity index (χ3v) is 6.63. The Labute approximate surface area is 189 Å². The molecule has 0 radical (unpaired) electrons. The lowest BCUT2D eigenvalue weighted by molar-refractivity contribution is -0.0000136. The minimum Gasteiger partial charge on any atom is -1.00 e. The van der Waals surface area contributed by atoms with Crippen molar-refractivity contribution >= 4 is 32.6 Å². The number of carbonyl (C=O) groups excluding carboxylic acids is 1. The molecule has 0 bridgehead atoms. The Morgan fingerprint density at radius 3 is 2.57 bits per heavy atom. The van der Waals surface area contributed by atoms with Crippen molar-refractivity contribution in [1.29, 1.82) is 0 Å². The van der Waals surface area contributed by atoms with Crippen molar-refractivity contribution in [1.82, 2.24) is 9.88 Å². The van der Waals surface area contributed by atoms with Crippen LogP contribution in [0.4, 0.5) is 5.13 Å². The number of amides is 1. The van der Waals surface area contributed by atoms with Gasteiger partial charge in [0.15, 0.2) is 5.13 Å². The van der Waals surface area contributed by atoms with Crippen molar-refractivity contribution in [3.8, 4) is 0 Å². The topological polar surface area (TPSA) is 36.4 Å². The van der Waals surface area contributed by atoms with E-state index < -0.39 is 0 Å². The SMILES string of the molecule is Cc1ccc2nc(N(CCCN(C)C)C(=O)c3ccc4c(c3)CCCC4)sc2c1.[Cl-]. The second kappa shape index (κ2) is 9.90. The Kier molecular flexibility index (Phi) is 7.50. The van der Waals surface area contributed by atoms with E-state index in [0.717, 1.165) is 46.7 Å². The summed E-state index contributed by atoms with van der Waals surface area (Å²) in [6, 6.07) is 12.6. The molecule has 1 heterocycles. The van der Waals surface area contributed by atoms with Crippen LogP contribution in [0, 0.1) is 6.92 Å². The molecular formula is C24H29ClN3OS-. The first-order valence-corrected chi connectivity index (χ1v) is 11.3. The van der Waals surface area contributed by atoms with Crippen LogP contribution in [-0.2, 0) is 12.8 Å². The highest BCUT2D eigenvalue weighted by Gasteiger charge is 2.22. The predicted molar refractivity (Wildman–Crippen MR) is 122 cm³/mol. The Balaban J connectivity index is 0.00000256. The van der Waals surface area contributed by atoms with E-state index in [4.69, 9.17) is 4.98 Å². The molecule has 0 saturated heterocycles. The molecule has 0 atom stereocenters. The van der Waals surface area contributed by atoms with Gasteiger partial charge in [-0.05, 0) is 101 Å². The van der Waals surface area contributed by atoms with Crippen LogP contribution in [0.3, 0.4) is 0 Å². The zero-order valence-electron chi connectivity index (χ0n) is 17.9. The fourth-order valence-electron chi connectivity index (χ4n) is 3.99. The van der Waals surface area contributed by atoms with Crippen molar-refractivity contribution in [2.45, 2.75) is 39.0 Å². The zero-order chi connectivity index (χ0) is 20.4. The Morgan fingerprint density at radius 1 is 1.03 bits per heavy atom. The van der Waals surface area contributed by atoms with Gasteiger partial charge < -0.3 is 17.3 Å². The fraction of sp³-hybridized carbons (Fsp3) is 0.417. The van der Waals surface area contributed by atoms with E-state index in [9.17, 15) is 4.79 Å². The van der Waals surface area contributed by atoms with Gasteiger partial charge in [-0.1, -0.05) is 23.5 Å². The summed E-state index contributed by atoms with van der Waals surface area (Å²) in [5, 5.41) is 0.798. The lowest BCUT2D eigenvalue weighted by atomic mass is 9.90. The second-order valence-electron chi connectivity index (χ2n) is 8.27. The maximum atomic E-state index is 13.5. The van der Waals surface area contributed by atoms with Gasteiger partial charge in [0.2, 0.25) is 0 Å². The van der Waals surface area contributed by atoms with Crippen LogP contribution < -0.4 is 17.3 Å². The standard InChI is InChI=1S/C24H29N3OS.ClH/c1-17-9-12-21-22(15-17)29-24(25-21)27(14-6-13-26(2)3)23(28)20-11-10-18-7-4-5-8-19(18)16-20;/h9-12,15-16H,4-8,13-14H2,1-3H3;1H/p-1. The summed E-state index contributed by atoms with van der Waals surface area (Å²) in [6.45, 7) is 3.71. The summed E-state index contributed by atoms with van der Waals surface area (Å²) in [7, 11) is 4.13. The smallest absolute Gasteiger partial charge is 0.260 e. The van der Waals surface area contributed by atoms with Crippen LogP contribution in [0.2, 0.25) is 0 Å². The monoisotopic (exact) mass is 442 g/mol. The Morgan fingerprint density at radius 2 is 1.80 bits per heavy atom. The molecule has 4 nitrogen and oxygen atoms in total. The van der Waals surface area contributed by atoms with Crippen molar-refractivity contribution in [2.75, 3.05) is 32.1 Å². The number of fused-ring (bicyclic) bond motifs is 2. The molecule has 1 aliphatic rings. The van der Waals surface area contributed by atoms with Crippen LogP contribution in [0.15, 0.2) is 36.4 Å². The maximum Gasteiger partial charge on any atom is 0.260 e. The Bertz CT molecular complexity index is 1030. The second-order valence-corrected chi connectivity index (χ2v) is 9.28. The summed E-state index contributed by atoms with van der Waals surface area (Å²) < 4.78 is 1.14. The molecule has 4 rings (SSSR count). The number of halogens is 1. The van der Waals surface area contributed by atoms with Crippen molar-refractivity contribution in [2.24, 2.45) is 0 Å². The molecule has 160 valence electrons. The zero-order valence-corrected chi connectivity index (χ0v) is 19.5. The molecule has 0 saturated carbocycles. The van der Waals surface area contributed by atoms with Gasteiger partial charge in [-0.15, -0.1) is 0 Å². The number of thiazole rings is 1. The lowest BCUT2D eigenvalue weighted by Gasteiger charge is -2.22. The van der Waals surface area contributed by atoms with E-state index in [-0.39, 0.29) is 18.3 Å². The average Bonchev–Trinajstić information content (AvgIpc) is 3.13. The number of benzene rings is 2. The van der Waals surface area contributed by atoms with Gasteiger partial charge in [0.05, 0.1) is 10.2 Å². The quantitative estimate of drug-likeness (QED) is 0.586. The van der Waals surface area contributed by atoms with Gasteiger partial charge in [-0.25, -0.2) is 4.98 Å². The predicted octanol–water partition coefficient (Wildman–Crippen LogP) is 2.09. The number of carbonyl (C=O) groups is 1. The van der Waals surface area contributed by atoms with E-state index in [2.05, 4.69) is 50.2 Å². The van der Waals surface area contributed by atoms with Gasteiger partial charge in [-0.2, -0.15) is 0 Å². The molecule has 1 amide bonds. The first kappa shape index (κ1) is 22.7. The van der Waals surface area contributed by atoms with Crippen LogP contribution >= 0.6 is 11.3 Å². The highest BCUT2D eigenvalue weighted by atomic mass is 35.5. The van der Waals surface area contributed by atoms with Crippen molar-refractivity contribution < 1.29 is 17.2 Å². The fourth-order valence-corrected chi connectivity index (χ4v) is 5.07. The van der Waals surface area contributed by atoms with Crippen LogP contribution in [0.5, 0.6) is 0 Å². The van der Waals surface area contributed by atoms with Crippen molar-refractivity contribution in [3.05, 3.63) is 58.7 Å². The first-order chi connectivity index (χ1) is 14.0. The highest BCUT2D eigenvalue weighted by Crippen LogP contribution is 2.31. The highest BCUT2D eigenvalue weighted by molar-refractivity contribution is 7.22. The third-order valence-electron chi connectivity index (χ3n) is 5.59. The number of hydrogen-bond acceptors (Lipinski definition) is 4. The number of rotatable bonds is 6. The summed E-state index contributed by atoms with van der Waals surface area (Å²) >= 11 is 1.61. The molecule has 1 aliphatic carbocycles. The summed E-state index contributed by atoms with van der Waals surface area (Å²) in [5.41, 5.74) is 5.71. The van der Waals surface area contributed by atoms with Crippen molar-refractivity contribution in [3.63, 3.8) is 0 Å². The van der Waals surface area contributed by atoms with Gasteiger partial charge in [0.25, 0.3) is 5.91 Å². The minimum absolute atomic E-state index is 0. The number of nitrogens with zero attached hydrogens (tertiary/aromatic N) is 3. The molecule has 0 unspecified atom stereocenters. The van der Waals surface area contributed by atoms with Crippen LogP contribution in [-0.4, -0.2) is 43.0 Å². The molecule has 30 heavy (non-hydrogen) atoms. The van der Waals surface area contributed by atoms with Gasteiger partial charge in [-0.3, -0.25) is 9.69 Å². The number of anilines is 1. The molecular weight excluding hydrogens is 414 g/mol. The van der Waals surface area contributed by atoms with E-state index in [1.165, 1.54) is 29.5 Å². The molecule has 2 aromatic carbocycles. The molecule has 1 aromatic heterocycles. The lowest BCUT2D eigenvalue weighted by Crippen LogP contribution is -3.00. The molecule has 0 aliphatic heterocycles. The molecule has 6 heteroatoms. The van der Waals surface area contributed by atoms with E-state index in [1.54, 1.807) is 11.3 Å². The van der Waals surface area contributed by atoms with Gasteiger partial charge in [0, 0.05) is 12.1 Å². The normalized spacial score (nSPS) is 13.2. The summed E-state index contributed by atoms with van der Waals surface area (Å²) in [4.78, 5) is 22.4. The molecule has 0 fully saturated rings. The molecule has 0 N–H and O–H groups in total. The van der Waals surface area contributed by atoms with Crippen LogP contribution in [0.25, 0.3) is 10.2 Å². The van der Waals surface area contributed by atoms with Crippen LogP contribution in [0.1, 0.15) is 46.3 Å². The average molecular weight is 443 g/mol. The number of hydrogen-bond donors (Lipinski definition) is 0. The summed E-state index contributed by atoms with van der Waals surface area (Å²) in [6.07, 6.45) is 5.60. The third kappa shape index (κ3) is 5.02. The Hall–Kier alpha value is -1.95. The summed E-state index contributed by atoms with van der Waals surface area (Å²) in [5.74, 6) is 0.0629. The number of aryl methyl sites for hydroxylation is 3. The van der Waals surface area contributed by atoms with Gasteiger partial charge in [0.1, 0.15) is 0 Å². The minimum atomic E-state index is 0. The maximum absolute atomic E-state index is 13.5. The van der Waals surface area contributed by atoms with E-state index in [1.807, 2.05) is 17.0 Å². The number of aromatic nitrogens is 1. The first-order valence-electron chi connectivity index (χ1n) is 10.5. The van der Waals surface area contributed by atoms with Gasteiger partial charge >= 0.3 is 0 Å².